The molecule has 0 radical (unpaired) electrons. The minimum Gasteiger partial charge on any atom is -0.271 e. The van der Waals surface area contributed by atoms with Gasteiger partial charge in [0.05, 0.1) is 0 Å². The van der Waals surface area contributed by atoms with Crippen LogP contribution in [-0.2, 0) is 0 Å². The Hall–Kier alpha value is -2.49. The van der Waals surface area contributed by atoms with Crippen LogP contribution < -0.4 is 11.3 Å². The first-order valence-electron chi connectivity index (χ1n) is 11.0. The maximum Gasteiger partial charge on any atom is 0.131 e. The summed E-state index contributed by atoms with van der Waals surface area (Å²) in [5.41, 5.74) is 8.94. The third kappa shape index (κ3) is 4.48. The number of benzene rings is 3. The Kier molecular flexibility index (Phi) is 6.31. The number of hydrazine groups is 1. The fourth-order valence-electron chi connectivity index (χ4n) is 4.76. The third-order valence-electron chi connectivity index (χ3n) is 6.79. The first-order valence-corrected chi connectivity index (χ1v) is 11.0. The van der Waals surface area contributed by atoms with E-state index in [1.54, 1.807) is 6.07 Å². The Morgan fingerprint density at radius 2 is 1.57 bits per heavy atom. The predicted molar refractivity (Wildman–Crippen MR) is 123 cm³/mol. The number of rotatable bonds is 5. The molecule has 156 valence electrons. The second kappa shape index (κ2) is 9.11. The third-order valence-corrected chi connectivity index (χ3v) is 6.79. The van der Waals surface area contributed by atoms with Gasteiger partial charge in [0.1, 0.15) is 5.82 Å². The number of hydrogen-bond donors (Lipinski definition) is 2. The average Bonchev–Trinajstić information content (AvgIpc) is 2.76. The summed E-state index contributed by atoms with van der Waals surface area (Å²) in [7, 11) is 0. The van der Waals surface area contributed by atoms with Crippen molar-refractivity contribution in [1.29, 1.82) is 0 Å². The van der Waals surface area contributed by atoms with E-state index < -0.39 is 0 Å². The second-order valence-corrected chi connectivity index (χ2v) is 8.84. The van der Waals surface area contributed by atoms with Crippen LogP contribution in [0, 0.1) is 24.6 Å². The Morgan fingerprint density at radius 1 is 0.900 bits per heavy atom. The normalized spacial score (nSPS) is 21.5. The highest BCUT2D eigenvalue weighted by atomic mass is 19.1. The lowest BCUT2D eigenvalue weighted by molar-refractivity contribution is 0.226. The average molecular weight is 403 g/mol. The number of halogens is 1. The molecule has 3 N–H and O–H groups in total. The van der Waals surface area contributed by atoms with Crippen molar-refractivity contribution in [2.75, 3.05) is 6.54 Å². The monoisotopic (exact) mass is 402 g/mol. The van der Waals surface area contributed by atoms with E-state index in [1.807, 2.05) is 43.3 Å². The quantitative estimate of drug-likeness (QED) is 0.380. The highest BCUT2D eigenvalue weighted by Gasteiger charge is 2.28. The summed E-state index contributed by atoms with van der Waals surface area (Å²) in [5.74, 6) is 7.31. The number of hydrogen-bond acceptors (Lipinski definition) is 2. The van der Waals surface area contributed by atoms with Gasteiger partial charge in [0.25, 0.3) is 0 Å². The van der Waals surface area contributed by atoms with Crippen LogP contribution in [-0.4, -0.2) is 6.54 Å². The molecule has 1 saturated carbocycles. The largest absolute Gasteiger partial charge is 0.271 e. The summed E-state index contributed by atoms with van der Waals surface area (Å²) in [6, 6.07) is 22.2. The zero-order valence-corrected chi connectivity index (χ0v) is 17.9. The van der Waals surface area contributed by atoms with Gasteiger partial charge in [-0.05, 0) is 72.3 Å². The molecule has 0 heterocycles. The molecule has 3 aromatic carbocycles. The van der Waals surface area contributed by atoms with Gasteiger partial charge in [-0.15, -0.1) is 0 Å². The second-order valence-electron chi connectivity index (χ2n) is 8.84. The molecule has 3 unspecified atom stereocenters. The van der Waals surface area contributed by atoms with Crippen molar-refractivity contribution < 1.29 is 4.39 Å². The molecular formula is C27H31FN2. The van der Waals surface area contributed by atoms with E-state index in [1.165, 1.54) is 30.4 Å². The van der Waals surface area contributed by atoms with E-state index in [9.17, 15) is 4.39 Å². The molecule has 3 aromatic rings. The van der Waals surface area contributed by atoms with E-state index in [-0.39, 0.29) is 5.82 Å². The maximum absolute atomic E-state index is 14.8. The van der Waals surface area contributed by atoms with E-state index in [0.29, 0.717) is 23.3 Å². The number of nitrogens with one attached hydrogen (secondary N) is 1. The highest BCUT2D eigenvalue weighted by molar-refractivity contribution is 5.71. The van der Waals surface area contributed by atoms with Crippen molar-refractivity contribution in [2.24, 2.45) is 17.7 Å². The summed E-state index contributed by atoms with van der Waals surface area (Å²) in [6.45, 7) is 5.24. The minimum atomic E-state index is -0.182. The van der Waals surface area contributed by atoms with E-state index in [0.717, 1.165) is 23.2 Å². The van der Waals surface area contributed by atoms with E-state index in [2.05, 4.69) is 36.6 Å². The maximum atomic E-state index is 14.8. The predicted octanol–water partition coefficient (Wildman–Crippen LogP) is 6.45. The molecule has 1 aliphatic rings. The van der Waals surface area contributed by atoms with E-state index in [4.69, 9.17) is 5.84 Å². The molecular weight excluding hydrogens is 371 g/mol. The molecule has 4 rings (SSSR count). The standard InChI is InChI=1S/C27H31FN2/c1-18-3-6-22(7-4-18)26-14-13-24(16-27(26)28)21-11-9-20(10-12-21)23-8-5-19(2)25(15-23)17-30-29/h3-4,6-7,9-14,16,19,23,25,30H,5,8,15,17,29H2,1-2H3. The Morgan fingerprint density at radius 3 is 2.23 bits per heavy atom. The lowest BCUT2D eigenvalue weighted by Gasteiger charge is -2.34. The SMILES string of the molecule is Cc1ccc(-c2ccc(-c3ccc(C4CCC(C)C(CNN)C4)cc3)cc2F)cc1. The molecule has 1 fully saturated rings. The summed E-state index contributed by atoms with van der Waals surface area (Å²) < 4.78 is 14.8. The molecule has 0 aromatic heterocycles. The Balaban J connectivity index is 1.51. The molecule has 0 saturated heterocycles. The van der Waals surface area contributed by atoms with Gasteiger partial charge >= 0.3 is 0 Å². The molecule has 0 spiro atoms. The minimum absolute atomic E-state index is 0.182. The zero-order valence-electron chi connectivity index (χ0n) is 17.9. The van der Waals surface area contributed by atoms with Gasteiger partial charge < -0.3 is 0 Å². The summed E-state index contributed by atoms with van der Waals surface area (Å²) in [6.07, 6.45) is 3.64. The van der Waals surface area contributed by atoms with Crippen molar-refractivity contribution in [3.8, 4) is 22.3 Å². The fraction of sp³-hybridized carbons (Fsp3) is 0.333. The van der Waals surface area contributed by atoms with Crippen LogP contribution in [0.4, 0.5) is 4.39 Å². The van der Waals surface area contributed by atoms with Gasteiger partial charge in [-0.1, -0.05) is 73.2 Å². The molecule has 30 heavy (non-hydrogen) atoms. The lowest BCUT2D eigenvalue weighted by Crippen LogP contribution is -2.35. The van der Waals surface area contributed by atoms with E-state index >= 15 is 0 Å². The van der Waals surface area contributed by atoms with Gasteiger partial charge in [-0.3, -0.25) is 11.3 Å². The number of aryl methyl sites for hydroxylation is 1. The molecule has 1 aliphatic carbocycles. The molecule has 0 bridgehead atoms. The zero-order chi connectivity index (χ0) is 21.1. The summed E-state index contributed by atoms with van der Waals surface area (Å²) in [4.78, 5) is 0. The van der Waals surface area contributed by atoms with Crippen LogP contribution in [0.15, 0.2) is 66.7 Å². The first kappa shape index (κ1) is 20.8. The fourth-order valence-corrected chi connectivity index (χ4v) is 4.76. The van der Waals surface area contributed by atoms with Crippen LogP contribution in [0.1, 0.15) is 43.2 Å². The van der Waals surface area contributed by atoms with Gasteiger partial charge in [0, 0.05) is 12.1 Å². The molecule has 2 nitrogen and oxygen atoms in total. The summed E-state index contributed by atoms with van der Waals surface area (Å²) >= 11 is 0. The lowest BCUT2D eigenvalue weighted by atomic mass is 9.72. The first-order chi connectivity index (χ1) is 14.5. The van der Waals surface area contributed by atoms with Crippen LogP contribution in [0.3, 0.4) is 0 Å². The Labute approximate surface area is 179 Å². The summed E-state index contributed by atoms with van der Waals surface area (Å²) in [5, 5.41) is 0. The van der Waals surface area contributed by atoms with Gasteiger partial charge in [-0.25, -0.2) is 4.39 Å². The molecule has 0 amide bonds. The van der Waals surface area contributed by atoms with Crippen molar-refractivity contribution in [3.63, 3.8) is 0 Å². The van der Waals surface area contributed by atoms with Crippen LogP contribution >= 0.6 is 0 Å². The van der Waals surface area contributed by atoms with Crippen LogP contribution in [0.25, 0.3) is 22.3 Å². The van der Waals surface area contributed by atoms with Crippen molar-refractivity contribution in [1.82, 2.24) is 5.43 Å². The van der Waals surface area contributed by atoms with Gasteiger partial charge in [0.2, 0.25) is 0 Å². The number of nitrogens with two attached hydrogens (primary N) is 1. The highest BCUT2D eigenvalue weighted by Crippen LogP contribution is 2.39. The topological polar surface area (TPSA) is 38.0 Å². The van der Waals surface area contributed by atoms with Crippen molar-refractivity contribution in [3.05, 3.63) is 83.7 Å². The van der Waals surface area contributed by atoms with Crippen LogP contribution in [0.2, 0.25) is 0 Å². The van der Waals surface area contributed by atoms with Crippen molar-refractivity contribution in [2.45, 2.75) is 39.0 Å². The molecule has 3 heteroatoms. The molecule has 3 atom stereocenters. The van der Waals surface area contributed by atoms with Gasteiger partial charge in [0.15, 0.2) is 0 Å². The van der Waals surface area contributed by atoms with Crippen molar-refractivity contribution >= 4 is 0 Å². The van der Waals surface area contributed by atoms with Gasteiger partial charge in [-0.2, -0.15) is 0 Å². The molecule has 0 aliphatic heterocycles. The smallest absolute Gasteiger partial charge is 0.131 e. The Bertz CT molecular complexity index is 979. The van der Waals surface area contributed by atoms with Crippen LogP contribution in [0.5, 0.6) is 0 Å².